The molecule has 0 aliphatic heterocycles. The molecule has 0 fully saturated rings. The third-order valence-electron chi connectivity index (χ3n) is 1.82. The summed E-state index contributed by atoms with van der Waals surface area (Å²) in [5.41, 5.74) is 4.47. The summed E-state index contributed by atoms with van der Waals surface area (Å²) in [7, 11) is 0. The highest BCUT2D eigenvalue weighted by atomic mass is 35.5. The van der Waals surface area contributed by atoms with Crippen LogP contribution in [0.15, 0.2) is 6.20 Å². The monoisotopic (exact) mass is 233 g/mol. The first kappa shape index (κ1) is 11.4. The summed E-state index contributed by atoms with van der Waals surface area (Å²) in [4.78, 5) is 15.0. The van der Waals surface area contributed by atoms with Crippen LogP contribution in [0.3, 0.4) is 0 Å². The van der Waals surface area contributed by atoms with Crippen LogP contribution in [-0.4, -0.2) is 16.4 Å². The Morgan fingerprint density at radius 1 is 1.79 bits per heavy atom. The van der Waals surface area contributed by atoms with Crippen molar-refractivity contribution in [3.63, 3.8) is 0 Å². The maximum absolute atomic E-state index is 11.0. The number of nitrogens with two attached hydrogens (primary N) is 1. The lowest BCUT2D eigenvalue weighted by Gasteiger charge is -2.21. The fourth-order valence-electron chi connectivity index (χ4n) is 0.753. The summed E-state index contributed by atoms with van der Waals surface area (Å²) in [5.74, 6) is -0.389. The van der Waals surface area contributed by atoms with Crippen molar-refractivity contribution in [2.45, 2.75) is 25.9 Å². The third-order valence-corrected chi connectivity index (χ3v) is 2.94. The van der Waals surface area contributed by atoms with Gasteiger partial charge in [-0.25, -0.2) is 4.98 Å². The van der Waals surface area contributed by atoms with E-state index in [1.807, 2.05) is 0 Å². The number of hydrogen-bond donors (Lipinski definition) is 2. The fraction of sp³-hybridized carbons (Fsp3) is 0.500. The number of thiazole rings is 1. The Bertz CT molecular complexity index is 337. The van der Waals surface area contributed by atoms with Gasteiger partial charge in [-0.05, 0) is 13.8 Å². The van der Waals surface area contributed by atoms with Crippen LogP contribution in [0.2, 0.25) is 4.34 Å². The van der Waals surface area contributed by atoms with E-state index in [0.717, 1.165) is 5.01 Å². The average Bonchev–Trinajstić information content (AvgIpc) is 2.48. The van der Waals surface area contributed by atoms with E-state index in [9.17, 15) is 4.79 Å². The molecular formula is C8H12ClN3OS. The lowest BCUT2D eigenvalue weighted by atomic mass is 10.1. The normalized spacial score (nSPS) is 11.6. The quantitative estimate of drug-likeness (QED) is 0.820. The van der Waals surface area contributed by atoms with Crippen molar-refractivity contribution in [2.75, 3.05) is 0 Å². The summed E-state index contributed by atoms with van der Waals surface area (Å²) >= 11 is 7.09. The molecule has 1 rings (SSSR count). The molecule has 0 atom stereocenters. The van der Waals surface area contributed by atoms with Gasteiger partial charge in [-0.15, -0.1) is 11.3 Å². The number of halogens is 1. The predicted molar refractivity (Wildman–Crippen MR) is 57.2 cm³/mol. The van der Waals surface area contributed by atoms with Crippen molar-refractivity contribution in [1.82, 2.24) is 10.3 Å². The van der Waals surface area contributed by atoms with Crippen molar-refractivity contribution in [3.05, 3.63) is 15.5 Å². The first-order valence-corrected chi connectivity index (χ1v) is 5.26. The van der Waals surface area contributed by atoms with Gasteiger partial charge in [0.1, 0.15) is 9.34 Å². The van der Waals surface area contributed by atoms with Crippen molar-refractivity contribution in [3.8, 4) is 0 Å². The predicted octanol–water partition coefficient (Wildman–Crippen LogP) is 1.15. The Balaban J connectivity index is 2.52. The first-order valence-electron chi connectivity index (χ1n) is 4.07. The summed E-state index contributed by atoms with van der Waals surface area (Å²) in [6.07, 6.45) is 1.58. The van der Waals surface area contributed by atoms with E-state index in [-0.39, 0.29) is 5.91 Å². The van der Waals surface area contributed by atoms with Gasteiger partial charge < -0.3 is 5.73 Å². The Hall–Kier alpha value is -0.650. The number of primary amides is 1. The second-order valence-electron chi connectivity index (χ2n) is 3.40. The molecule has 14 heavy (non-hydrogen) atoms. The number of carbonyl (C=O) groups excluding carboxylic acids is 1. The summed E-state index contributed by atoms with van der Waals surface area (Å²) in [6, 6.07) is 0. The van der Waals surface area contributed by atoms with Gasteiger partial charge in [0, 0.05) is 6.54 Å². The maximum atomic E-state index is 11.0. The largest absolute Gasteiger partial charge is 0.368 e. The van der Waals surface area contributed by atoms with E-state index in [1.165, 1.54) is 11.3 Å². The summed E-state index contributed by atoms with van der Waals surface area (Å²) < 4.78 is 0.638. The fourth-order valence-corrected chi connectivity index (χ4v) is 1.65. The molecule has 0 saturated carbocycles. The highest BCUT2D eigenvalue weighted by Crippen LogP contribution is 2.18. The van der Waals surface area contributed by atoms with Gasteiger partial charge in [0.2, 0.25) is 5.91 Å². The lowest BCUT2D eigenvalue weighted by Crippen LogP contribution is -2.50. The number of carbonyl (C=O) groups is 1. The molecule has 0 aromatic carbocycles. The van der Waals surface area contributed by atoms with Crippen LogP contribution in [-0.2, 0) is 11.3 Å². The van der Waals surface area contributed by atoms with Crippen molar-refractivity contribution in [2.24, 2.45) is 5.73 Å². The molecule has 1 amide bonds. The Morgan fingerprint density at radius 3 is 2.86 bits per heavy atom. The summed E-state index contributed by atoms with van der Waals surface area (Å²) in [5, 5.41) is 3.84. The van der Waals surface area contributed by atoms with Gasteiger partial charge in [0.05, 0.1) is 11.7 Å². The van der Waals surface area contributed by atoms with E-state index < -0.39 is 5.54 Å². The first-order chi connectivity index (χ1) is 6.42. The van der Waals surface area contributed by atoms with Gasteiger partial charge in [0.15, 0.2) is 0 Å². The van der Waals surface area contributed by atoms with Crippen molar-refractivity contribution in [1.29, 1.82) is 0 Å². The molecule has 0 unspecified atom stereocenters. The van der Waals surface area contributed by atoms with Crippen LogP contribution in [0.1, 0.15) is 18.9 Å². The average molecular weight is 234 g/mol. The molecule has 6 heteroatoms. The smallest absolute Gasteiger partial charge is 0.237 e. The van der Waals surface area contributed by atoms with E-state index in [1.54, 1.807) is 20.0 Å². The van der Waals surface area contributed by atoms with E-state index >= 15 is 0 Å². The molecule has 0 aliphatic carbocycles. The van der Waals surface area contributed by atoms with Crippen LogP contribution >= 0.6 is 22.9 Å². The SMILES string of the molecule is CC(C)(NCc1ncc(Cl)s1)C(N)=O. The lowest BCUT2D eigenvalue weighted by molar-refractivity contribution is -0.123. The van der Waals surface area contributed by atoms with Gasteiger partial charge in [-0.2, -0.15) is 0 Å². The Kier molecular flexibility index (Phi) is 3.47. The van der Waals surface area contributed by atoms with Gasteiger partial charge in [0.25, 0.3) is 0 Å². The van der Waals surface area contributed by atoms with Crippen molar-refractivity contribution >= 4 is 28.8 Å². The number of nitrogens with zero attached hydrogens (tertiary/aromatic N) is 1. The van der Waals surface area contributed by atoms with Crippen LogP contribution in [0.5, 0.6) is 0 Å². The minimum absolute atomic E-state index is 0.389. The molecular weight excluding hydrogens is 222 g/mol. The van der Waals surface area contributed by atoms with E-state index in [0.29, 0.717) is 10.9 Å². The highest BCUT2D eigenvalue weighted by molar-refractivity contribution is 7.15. The zero-order valence-electron chi connectivity index (χ0n) is 8.00. The zero-order valence-corrected chi connectivity index (χ0v) is 9.58. The highest BCUT2D eigenvalue weighted by Gasteiger charge is 2.23. The molecule has 1 aromatic rings. The minimum Gasteiger partial charge on any atom is -0.368 e. The Labute approximate surface area is 91.5 Å². The zero-order chi connectivity index (χ0) is 10.8. The molecule has 1 heterocycles. The molecule has 3 N–H and O–H groups in total. The van der Waals surface area contributed by atoms with Crippen LogP contribution in [0.25, 0.3) is 0 Å². The standard InChI is InChI=1S/C8H12ClN3OS/c1-8(2,7(10)13)12-4-6-11-3-5(9)14-6/h3,12H,4H2,1-2H3,(H2,10,13). The molecule has 0 bridgehead atoms. The van der Waals surface area contributed by atoms with Crippen LogP contribution < -0.4 is 11.1 Å². The number of aromatic nitrogens is 1. The molecule has 0 radical (unpaired) electrons. The van der Waals surface area contributed by atoms with E-state index in [4.69, 9.17) is 17.3 Å². The number of nitrogens with one attached hydrogen (secondary N) is 1. The van der Waals surface area contributed by atoms with Gasteiger partial charge in [-0.3, -0.25) is 10.1 Å². The Morgan fingerprint density at radius 2 is 2.43 bits per heavy atom. The van der Waals surface area contributed by atoms with Crippen LogP contribution in [0.4, 0.5) is 0 Å². The van der Waals surface area contributed by atoms with Crippen molar-refractivity contribution < 1.29 is 4.79 Å². The molecule has 1 aromatic heterocycles. The second-order valence-corrected chi connectivity index (χ2v) is 5.15. The van der Waals surface area contributed by atoms with E-state index in [2.05, 4.69) is 10.3 Å². The number of hydrogen-bond acceptors (Lipinski definition) is 4. The van der Waals surface area contributed by atoms with Crippen LogP contribution in [0, 0.1) is 0 Å². The third kappa shape index (κ3) is 2.94. The number of rotatable bonds is 4. The molecule has 0 saturated heterocycles. The molecule has 0 spiro atoms. The second kappa shape index (κ2) is 4.25. The minimum atomic E-state index is -0.724. The van der Waals surface area contributed by atoms with Gasteiger partial charge >= 0.3 is 0 Å². The summed E-state index contributed by atoms with van der Waals surface area (Å²) in [6.45, 7) is 3.95. The topological polar surface area (TPSA) is 68.0 Å². The molecule has 78 valence electrons. The molecule has 0 aliphatic rings. The van der Waals surface area contributed by atoms with Gasteiger partial charge in [-0.1, -0.05) is 11.6 Å². The maximum Gasteiger partial charge on any atom is 0.237 e. The number of amides is 1. The molecule has 4 nitrogen and oxygen atoms in total.